The third-order valence-electron chi connectivity index (χ3n) is 2.68. The summed E-state index contributed by atoms with van der Waals surface area (Å²) in [5.41, 5.74) is 0.508. The molecule has 0 radical (unpaired) electrons. The van der Waals surface area contributed by atoms with Crippen LogP contribution in [0.1, 0.15) is 16.4 Å². The van der Waals surface area contributed by atoms with Crippen LogP contribution in [0, 0.1) is 5.82 Å². The van der Waals surface area contributed by atoms with Crippen molar-refractivity contribution in [2.75, 3.05) is 0 Å². The van der Waals surface area contributed by atoms with Crippen LogP contribution in [0.5, 0.6) is 0 Å². The first-order chi connectivity index (χ1) is 10.2. The van der Waals surface area contributed by atoms with E-state index in [1.165, 1.54) is 30.5 Å². The Kier molecular flexibility index (Phi) is 3.42. The van der Waals surface area contributed by atoms with Crippen molar-refractivity contribution in [1.82, 2.24) is 25.5 Å². The van der Waals surface area contributed by atoms with Gasteiger partial charge >= 0.3 is 0 Å². The van der Waals surface area contributed by atoms with Gasteiger partial charge in [0, 0.05) is 0 Å². The zero-order valence-electron chi connectivity index (χ0n) is 10.7. The van der Waals surface area contributed by atoms with Crippen LogP contribution in [0.4, 0.5) is 4.39 Å². The maximum absolute atomic E-state index is 12.8. The predicted octanol–water partition coefficient (Wildman–Crippen LogP) is 1.32. The number of benzene rings is 1. The topological polar surface area (TPSA) is 85.8 Å². The molecule has 0 atom stereocenters. The van der Waals surface area contributed by atoms with E-state index >= 15 is 0 Å². The highest BCUT2D eigenvalue weighted by Crippen LogP contribution is 2.06. The Bertz CT molecular complexity index is 736. The first kappa shape index (κ1) is 13.0. The molecule has 1 N–H and O–H groups in total. The summed E-state index contributed by atoms with van der Waals surface area (Å²) in [7, 11) is 0. The van der Waals surface area contributed by atoms with Crippen LogP contribution in [0.3, 0.4) is 0 Å². The van der Waals surface area contributed by atoms with Crippen molar-refractivity contribution in [3.05, 3.63) is 60.1 Å². The molecule has 3 aromatic rings. The second-order valence-electron chi connectivity index (χ2n) is 4.14. The largest absolute Gasteiger partial charge is 0.467 e. The molecule has 2 aromatic heterocycles. The monoisotopic (exact) mass is 287 g/mol. The molecule has 0 aliphatic heterocycles. The van der Waals surface area contributed by atoms with Gasteiger partial charge in [-0.3, -0.25) is 4.79 Å². The highest BCUT2D eigenvalue weighted by atomic mass is 19.1. The lowest BCUT2D eigenvalue weighted by Crippen LogP contribution is -2.24. The molecular formula is C13H10FN5O2. The minimum atomic E-state index is -0.472. The summed E-state index contributed by atoms with van der Waals surface area (Å²) >= 11 is 0. The summed E-state index contributed by atoms with van der Waals surface area (Å²) in [5.74, 6) is -0.296. The first-order valence-electron chi connectivity index (χ1n) is 6.09. The molecule has 0 aliphatic carbocycles. The number of furan rings is 1. The van der Waals surface area contributed by atoms with Gasteiger partial charge in [0.1, 0.15) is 11.6 Å². The quantitative estimate of drug-likeness (QED) is 0.782. The Hall–Kier alpha value is -3.03. The number of nitrogens with zero attached hydrogens (tertiary/aromatic N) is 4. The number of carbonyl (C=O) groups excluding carboxylic acids is 1. The van der Waals surface area contributed by atoms with E-state index in [0.717, 1.165) is 4.80 Å². The van der Waals surface area contributed by atoms with Crippen LogP contribution in [0.25, 0.3) is 5.69 Å². The Morgan fingerprint density at radius 1 is 1.29 bits per heavy atom. The van der Waals surface area contributed by atoms with E-state index in [0.29, 0.717) is 11.4 Å². The third kappa shape index (κ3) is 2.94. The number of hydrogen-bond donors (Lipinski definition) is 1. The van der Waals surface area contributed by atoms with Crippen LogP contribution in [0.2, 0.25) is 0 Å². The second kappa shape index (κ2) is 5.53. The Labute approximate surface area is 118 Å². The molecule has 0 bridgehead atoms. The fourth-order valence-electron chi connectivity index (χ4n) is 1.65. The average Bonchev–Trinajstić information content (AvgIpc) is 3.17. The fourth-order valence-corrected chi connectivity index (χ4v) is 1.65. The van der Waals surface area contributed by atoms with Gasteiger partial charge in [0.15, 0.2) is 0 Å². The minimum Gasteiger partial charge on any atom is -0.467 e. The molecule has 0 saturated carbocycles. The van der Waals surface area contributed by atoms with Gasteiger partial charge in [-0.1, -0.05) is 0 Å². The van der Waals surface area contributed by atoms with Gasteiger partial charge in [-0.05, 0) is 41.6 Å². The van der Waals surface area contributed by atoms with E-state index in [4.69, 9.17) is 4.42 Å². The number of halogens is 1. The van der Waals surface area contributed by atoms with E-state index in [1.807, 2.05) is 0 Å². The molecule has 0 fully saturated rings. The SMILES string of the molecule is O=C(NCc1ccco1)c1nnn(-c2ccc(F)cc2)n1. The van der Waals surface area contributed by atoms with Gasteiger partial charge < -0.3 is 9.73 Å². The van der Waals surface area contributed by atoms with Crippen molar-refractivity contribution < 1.29 is 13.6 Å². The highest BCUT2D eigenvalue weighted by Gasteiger charge is 2.13. The maximum atomic E-state index is 12.8. The van der Waals surface area contributed by atoms with Gasteiger partial charge in [-0.25, -0.2) is 4.39 Å². The van der Waals surface area contributed by atoms with Crippen molar-refractivity contribution in [2.45, 2.75) is 6.54 Å². The molecule has 0 unspecified atom stereocenters. The van der Waals surface area contributed by atoms with Crippen LogP contribution >= 0.6 is 0 Å². The van der Waals surface area contributed by atoms with Gasteiger partial charge in [-0.15, -0.1) is 15.0 Å². The van der Waals surface area contributed by atoms with Crippen molar-refractivity contribution >= 4 is 5.91 Å². The molecule has 1 aromatic carbocycles. The molecule has 0 spiro atoms. The molecule has 21 heavy (non-hydrogen) atoms. The molecule has 1 amide bonds. The van der Waals surface area contributed by atoms with Gasteiger partial charge in [-0.2, -0.15) is 0 Å². The average molecular weight is 287 g/mol. The lowest BCUT2D eigenvalue weighted by atomic mass is 10.3. The molecule has 0 aliphatic rings. The number of rotatable bonds is 4. The van der Waals surface area contributed by atoms with E-state index in [9.17, 15) is 9.18 Å². The van der Waals surface area contributed by atoms with Gasteiger partial charge in [0.2, 0.25) is 0 Å². The molecule has 106 valence electrons. The summed E-state index contributed by atoms with van der Waals surface area (Å²) in [6.45, 7) is 0.233. The van der Waals surface area contributed by atoms with Crippen LogP contribution in [-0.2, 0) is 6.54 Å². The molecule has 8 heteroatoms. The minimum absolute atomic E-state index is 0.0779. The number of amides is 1. The Morgan fingerprint density at radius 2 is 2.10 bits per heavy atom. The molecule has 0 saturated heterocycles. The zero-order valence-corrected chi connectivity index (χ0v) is 10.7. The number of tetrazole rings is 1. The van der Waals surface area contributed by atoms with E-state index in [2.05, 4.69) is 20.7 Å². The summed E-state index contributed by atoms with van der Waals surface area (Å²) < 4.78 is 17.9. The first-order valence-corrected chi connectivity index (χ1v) is 6.09. The van der Waals surface area contributed by atoms with E-state index in [-0.39, 0.29) is 18.2 Å². The molecular weight excluding hydrogens is 277 g/mol. The van der Waals surface area contributed by atoms with Crippen LogP contribution in [0.15, 0.2) is 47.1 Å². The lowest BCUT2D eigenvalue weighted by molar-refractivity contribution is 0.0937. The second-order valence-corrected chi connectivity index (χ2v) is 4.14. The summed E-state index contributed by atoms with van der Waals surface area (Å²) in [6.07, 6.45) is 1.52. The zero-order chi connectivity index (χ0) is 14.7. The summed E-state index contributed by atoms with van der Waals surface area (Å²) in [5, 5.41) is 14.0. The Balaban J connectivity index is 1.69. The van der Waals surface area contributed by atoms with Gasteiger partial charge in [0.25, 0.3) is 11.7 Å². The van der Waals surface area contributed by atoms with Crippen LogP contribution < -0.4 is 5.32 Å². The number of aromatic nitrogens is 4. The summed E-state index contributed by atoms with van der Waals surface area (Å²) in [6, 6.07) is 8.99. The van der Waals surface area contributed by atoms with Crippen LogP contribution in [-0.4, -0.2) is 26.1 Å². The maximum Gasteiger partial charge on any atom is 0.293 e. The predicted molar refractivity (Wildman–Crippen MR) is 69.0 cm³/mol. The number of nitrogens with one attached hydrogen (secondary N) is 1. The van der Waals surface area contributed by atoms with Crippen molar-refractivity contribution in [3.8, 4) is 5.69 Å². The highest BCUT2D eigenvalue weighted by molar-refractivity contribution is 5.89. The van der Waals surface area contributed by atoms with Crippen molar-refractivity contribution in [1.29, 1.82) is 0 Å². The number of hydrogen-bond acceptors (Lipinski definition) is 5. The third-order valence-corrected chi connectivity index (χ3v) is 2.68. The standard InChI is InChI=1S/C13H10FN5O2/c14-9-3-5-10(6-4-9)19-17-12(16-18-19)13(20)15-8-11-2-1-7-21-11/h1-7H,8H2,(H,15,20). The molecule has 2 heterocycles. The molecule has 7 nitrogen and oxygen atoms in total. The van der Waals surface area contributed by atoms with Crippen molar-refractivity contribution in [2.24, 2.45) is 0 Å². The van der Waals surface area contributed by atoms with Gasteiger partial charge in [0.05, 0.1) is 18.5 Å². The Morgan fingerprint density at radius 3 is 2.81 bits per heavy atom. The van der Waals surface area contributed by atoms with E-state index in [1.54, 1.807) is 12.1 Å². The normalized spacial score (nSPS) is 10.5. The lowest BCUT2D eigenvalue weighted by Gasteiger charge is -1.99. The fraction of sp³-hybridized carbons (Fsp3) is 0.0769. The van der Waals surface area contributed by atoms with E-state index < -0.39 is 5.91 Å². The molecule has 3 rings (SSSR count). The smallest absolute Gasteiger partial charge is 0.293 e. The number of carbonyl (C=O) groups is 1. The van der Waals surface area contributed by atoms with Crippen molar-refractivity contribution in [3.63, 3.8) is 0 Å². The summed E-state index contributed by atoms with van der Waals surface area (Å²) in [4.78, 5) is 13.0.